The van der Waals surface area contributed by atoms with Gasteiger partial charge in [0.25, 0.3) is 0 Å². The Morgan fingerprint density at radius 1 is 1.50 bits per heavy atom. The molecule has 0 bridgehead atoms. The lowest BCUT2D eigenvalue weighted by Gasteiger charge is -2.15. The van der Waals surface area contributed by atoms with Gasteiger partial charge in [-0.1, -0.05) is 20.3 Å². The first-order valence-corrected chi connectivity index (χ1v) is 6.33. The van der Waals surface area contributed by atoms with Crippen molar-refractivity contribution in [3.05, 3.63) is 21.4 Å². The second kappa shape index (κ2) is 4.03. The molecule has 78 valence electrons. The highest BCUT2D eigenvalue weighted by molar-refractivity contribution is 7.12. The van der Waals surface area contributed by atoms with Gasteiger partial charge in [-0.15, -0.1) is 11.3 Å². The van der Waals surface area contributed by atoms with Crippen LogP contribution in [0.2, 0.25) is 0 Å². The molecule has 0 saturated carbocycles. The van der Waals surface area contributed by atoms with E-state index >= 15 is 0 Å². The van der Waals surface area contributed by atoms with Gasteiger partial charge in [0, 0.05) is 9.75 Å². The molecule has 1 aliphatic rings. The average molecular weight is 210 g/mol. The van der Waals surface area contributed by atoms with Crippen molar-refractivity contribution in [2.45, 2.75) is 45.6 Å². The molecular weight excluding hydrogens is 192 g/mol. The molecular formula is C12H18OS. The molecule has 0 aliphatic heterocycles. The summed E-state index contributed by atoms with van der Waals surface area (Å²) in [5.41, 5.74) is 1.49. The van der Waals surface area contributed by atoms with Gasteiger partial charge in [-0.3, -0.25) is 0 Å². The zero-order chi connectivity index (χ0) is 10.1. The van der Waals surface area contributed by atoms with E-state index in [0.717, 1.165) is 6.42 Å². The molecule has 1 aliphatic carbocycles. The van der Waals surface area contributed by atoms with Gasteiger partial charge in [0.2, 0.25) is 0 Å². The lowest BCUT2D eigenvalue weighted by Crippen LogP contribution is -2.06. The summed E-state index contributed by atoms with van der Waals surface area (Å²) in [4.78, 5) is 2.70. The molecule has 2 atom stereocenters. The minimum atomic E-state index is -0.240. The van der Waals surface area contributed by atoms with Crippen molar-refractivity contribution in [1.29, 1.82) is 0 Å². The fraction of sp³-hybridized carbons (Fsp3) is 0.667. The molecule has 2 unspecified atom stereocenters. The number of aryl methyl sites for hydroxylation is 2. The summed E-state index contributed by atoms with van der Waals surface area (Å²) in [6.45, 7) is 4.25. The summed E-state index contributed by atoms with van der Waals surface area (Å²) >= 11 is 1.82. The number of hydrogen-bond acceptors (Lipinski definition) is 2. The highest BCUT2D eigenvalue weighted by Crippen LogP contribution is 2.36. The molecule has 0 radical (unpaired) electrons. The van der Waals surface area contributed by atoms with Gasteiger partial charge in [0.15, 0.2) is 0 Å². The van der Waals surface area contributed by atoms with Gasteiger partial charge in [0.1, 0.15) is 0 Å². The topological polar surface area (TPSA) is 20.2 Å². The summed E-state index contributed by atoms with van der Waals surface area (Å²) < 4.78 is 0. The van der Waals surface area contributed by atoms with Crippen LogP contribution in [0.25, 0.3) is 0 Å². The number of fused-ring (bicyclic) bond motifs is 1. The SMILES string of the molecule is CCC(C)C(O)c1cc2c(s1)CCC2. The van der Waals surface area contributed by atoms with Gasteiger partial charge in [-0.05, 0) is 36.8 Å². The second-order valence-electron chi connectivity index (χ2n) is 4.28. The molecule has 1 N–H and O–H groups in total. The van der Waals surface area contributed by atoms with E-state index < -0.39 is 0 Å². The molecule has 0 saturated heterocycles. The standard InChI is InChI=1S/C12H18OS/c1-3-8(2)12(13)11-7-9-5-4-6-10(9)14-11/h7-8,12-13H,3-6H2,1-2H3. The Labute approximate surface area is 89.8 Å². The fourth-order valence-corrected chi connectivity index (χ4v) is 3.38. The summed E-state index contributed by atoms with van der Waals surface area (Å²) in [5.74, 6) is 0.383. The van der Waals surface area contributed by atoms with Crippen molar-refractivity contribution in [3.8, 4) is 0 Å². The van der Waals surface area contributed by atoms with Crippen LogP contribution in [0.3, 0.4) is 0 Å². The molecule has 0 fully saturated rings. The van der Waals surface area contributed by atoms with E-state index in [0.29, 0.717) is 5.92 Å². The fourth-order valence-electron chi connectivity index (χ4n) is 2.00. The maximum Gasteiger partial charge on any atom is 0.0907 e. The third kappa shape index (κ3) is 1.73. The molecule has 1 aromatic heterocycles. The Bertz CT molecular complexity index is 295. The predicted molar refractivity (Wildman–Crippen MR) is 60.8 cm³/mol. The Hall–Kier alpha value is -0.340. The minimum Gasteiger partial charge on any atom is -0.387 e. The number of hydrogen-bond donors (Lipinski definition) is 1. The highest BCUT2D eigenvalue weighted by atomic mass is 32.1. The number of rotatable bonds is 3. The molecule has 1 heterocycles. The summed E-state index contributed by atoms with van der Waals surface area (Å²) in [6.07, 6.45) is 4.56. The molecule has 2 heteroatoms. The molecule has 0 aromatic carbocycles. The molecule has 1 nitrogen and oxygen atoms in total. The van der Waals surface area contributed by atoms with E-state index in [1.54, 1.807) is 0 Å². The molecule has 1 aromatic rings. The van der Waals surface area contributed by atoms with E-state index in [4.69, 9.17) is 0 Å². The first-order valence-electron chi connectivity index (χ1n) is 5.52. The van der Waals surface area contributed by atoms with Gasteiger partial charge < -0.3 is 5.11 Å². The average Bonchev–Trinajstić information content (AvgIpc) is 2.74. The Balaban J connectivity index is 2.17. The van der Waals surface area contributed by atoms with Crippen molar-refractivity contribution in [2.24, 2.45) is 5.92 Å². The van der Waals surface area contributed by atoms with Gasteiger partial charge in [-0.2, -0.15) is 0 Å². The van der Waals surface area contributed by atoms with Crippen LogP contribution in [0.1, 0.15) is 48.1 Å². The van der Waals surface area contributed by atoms with Crippen LogP contribution in [0.4, 0.5) is 0 Å². The lowest BCUT2D eigenvalue weighted by molar-refractivity contribution is 0.119. The van der Waals surface area contributed by atoms with Crippen molar-refractivity contribution in [3.63, 3.8) is 0 Å². The summed E-state index contributed by atoms with van der Waals surface area (Å²) in [7, 11) is 0. The van der Waals surface area contributed by atoms with Crippen LogP contribution in [0.15, 0.2) is 6.07 Å². The van der Waals surface area contributed by atoms with E-state index in [1.807, 2.05) is 11.3 Å². The Morgan fingerprint density at radius 3 is 2.93 bits per heavy atom. The van der Waals surface area contributed by atoms with Crippen LogP contribution in [-0.2, 0) is 12.8 Å². The zero-order valence-corrected chi connectivity index (χ0v) is 9.73. The summed E-state index contributed by atoms with van der Waals surface area (Å²) in [6, 6.07) is 2.23. The third-order valence-electron chi connectivity index (χ3n) is 3.24. The first kappa shape index (κ1) is 10.2. The largest absolute Gasteiger partial charge is 0.387 e. The van der Waals surface area contributed by atoms with Crippen molar-refractivity contribution in [2.75, 3.05) is 0 Å². The smallest absolute Gasteiger partial charge is 0.0907 e. The van der Waals surface area contributed by atoms with E-state index in [1.165, 1.54) is 34.6 Å². The van der Waals surface area contributed by atoms with Gasteiger partial charge >= 0.3 is 0 Å². The highest BCUT2D eigenvalue weighted by Gasteiger charge is 2.21. The number of aliphatic hydroxyl groups is 1. The van der Waals surface area contributed by atoms with E-state index in [2.05, 4.69) is 19.9 Å². The molecule has 14 heavy (non-hydrogen) atoms. The van der Waals surface area contributed by atoms with Crippen LogP contribution >= 0.6 is 11.3 Å². The molecule has 0 amide bonds. The third-order valence-corrected chi connectivity index (χ3v) is 4.55. The van der Waals surface area contributed by atoms with Crippen LogP contribution < -0.4 is 0 Å². The van der Waals surface area contributed by atoms with Gasteiger partial charge in [0.05, 0.1) is 6.10 Å². The van der Waals surface area contributed by atoms with Crippen LogP contribution in [0, 0.1) is 5.92 Å². The second-order valence-corrected chi connectivity index (χ2v) is 5.45. The van der Waals surface area contributed by atoms with Crippen molar-refractivity contribution in [1.82, 2.24) is 0 Å². The van der Waals surface area contributed by atoms with E-state index in [-0.39, 0.29) is 6.10 Å². The van der Waals surface area contributed by atoms with Crippen LogP contribution in [0.5, 0.6) is 0 Å². The Kier molecular flexibility index (Phi) is 2.93. The maximum absolute atomic E-state index is 10.1. The normalized spacial score (nSPS) is 19.4. The van der Waals surface area contributed by atoms with Crippen molar-refractivity contribution < 1.29 is 5.11 Å². The maximum atomic E-state index is 10.1. The Morgan fingerprint density at radius 2 is 2.29 bits per heavy atom. The minimum absolute atomic E-state index is 0.240. The van der Waals surface area contributed by atoms with Gasteiger partial charge in [-0.25, -0.2) is 0 Å². The predicted octanol–water partition coefficient (Wildman–Crippen LogP) is 3.32. The monoisotopic (exact) mass is 210 g/mol. The molecule has 2 rings (SSSR count). The van der Waals surface area contributed by atoms with Crippen LogP contribution in [-0.4, -0.2) is 5.11 Å². The molecule has 0 spiro atoms. The zero-order valence-electron chi connectivity index (χ0n) is 8.92. The number of aliphatic hydroxyl groups excluding tert-OH is 1. The van der Waals surface area contributed by atoms with Crippen molar-refractivity contribution >= 4 is 11.3 Å². The number of thiophene rings is 1. The first-order chi connectivity index (χ1) is 6.72. The summed E-state index contributed by atoms with van der Waals surface area (Å²) in [5, 5.41) is 10.1. The van der Waals surface area contributed by atoms with E-state index in [9.17, 15) is 5.11 Å². The quantitative estimate of drug-likeness (QED) is 0.811. The lowest BCUT2D eigenvalue weighted by atomic mass is 10.0.